The quantitative estimate of drug-likeness (QED) is 0.162. The molecule has 1 aliphatic rings. The Kier molecular flexibility index (Phi) is 3.25. The van der Waals surface area contributed by atoms with Gasteiger partial charge in [-0.15, -0.1) is 0 Å². The normalized spacial score (nSPS) is 13.9. The summed E-state index contributed by atoms with van der Waals surface area (Å²) < 4.78 is 1.13. The minimum Gasteiger partial charge on any atom is -0.288 e. The number of fused-ring (bicyclic) bond motifs is 5. The number of nitrogens with one attached hydrogen (secondary N) is 2. The van der Waals surface area contributed by atoms with Gasteiger partial charge in [-0.05, 0) is 53.4 Å². The van der Waals surface area contributed by atoms with Gasteiger partial charge in [-0.25, -0.2) is 0 Å². The van der Waals surface area contributed by atoms with Crippen LogP contribution in [0.5, 0.6) is 0 Å². The van der Waals surface area contributed by atoms with E-state index >= 15 is 0 Å². The predicted molar refractivity (Wildman–Crippen MR) is 130 cm³/mol. The molecule has 0 fully saturated rings. The number of aromatic nitrogens is 1. The van der Waals surface area contributed by atoms with Crippen LogP contribution in [-0.4, -0.2) is 16.8 Å². The van der Waals surface area contributed by atoms with Gasteiger partial charge in [-0.3, -0.25) is 29.5 Å². The Morgan fingerprint density at radius 2 is 1.19 bits per heavy atom. The largest absolute Gasteiger partial charge is 0.288 e. The summed E-state index contributed by atoms with van der Waals surface area (Å²) in [6, 6.07) is 11.7. The van der Waals surface area contributed by atoms with E-state index < -0.39 is 22.9 Å². The van der Waals surface area contributed by atoms with Gasteiger partial charge in [0.05, 0.1) is 21.9 Å². The van der Waals surface area contributed by atoms with Gasteiger partial charge in [0.15, 0.2) is 0 Å². The van der Waals surface area contributed by atoms with Gasteiger partial charge < -0.3 is 0 Å². The lowest BCUT2D eigenvalue weighted by Crippen LogP contribution is -2.36. The summed E-state index contributed by atoms with van der Waals surface area (Å²) in [6.07, 6.45) is 0. The highest BCUT2D eigenvalue weighted by molar-refractivity contribution is 9.13. The zero-order valence-corrected chi connectivity index (χ0v) is 19.0. The van der Waals surface area contributed by atoms with E-state index in [4.69, 9.17) is 0 Å². The molecule has 0 saturated carbocycles. The molecular formula is C24H8Br2N2O4. The summed E-state index contributed by atoms with van der Waals surface area (Å²) in [5.41, 5.74) is -0.878. The van der Waals surface area contributed by atoms with Crippen molar-refractivity contribution in [1.29, 1.82) is 0 Å². The van der Waals surface area contributed by atoms with Gasteiger partial charge in [-0.2, -0.15) is 0 Å². The number of imide groups is 1. The number of H-pyrrole nitrogens is 1. The van der Waals surface area contributed by atoms with Crippen molar-refractivity contribution in [2.45, 2.75) is 0 Å². The number of halogens is 2. The fourth-order valence-corrected chi connectivity index (χ4v) is 6.51. The van der Waals surface area contributed by atoms with Crippen LogP contribution in [0.25, 0.3) is 53.9 Å². The van der Waals surface area contributed by atoms with Crippen molar-refractivity contribution in [3.8, 4) is 0 Å². The van der Waals surface area contributed by atoms with Crippen LogP contribution in [-0.2, 0) is 0 Å². The van der Waals surface area contributed by atoms with E-state index in [1.807, 2.05) is 36.4 Å². The molecule has 152 valence electrons. The number of amides is 2. The first-order valence-electron chi connectivity index (χ1n) is 9.68. The Morgan fingerprint density at radius 1 is 0.562 bits per heavy atom. The number of carbonyl (C=O) groups is 2. The number of benzene rings is 5. The number of hydrogen-bond donors (Lipinski definition) is 2. The zero-order valence-electron chi connectivity index (χ0n) is 15.9. The van der Waals surface area contributed by atoms with E-state index in [0.29, 0.717) is 25.1 Å². The average Bonchev–Trinajstić information content (AvgIpc) is 3.06. The first-order valence-corrected chi connectivity index (χ1v) is 11.3. The van der Waals surface area contributed by atoms with Crippen LogP contribution in [0.1, 0.15) is 20.7 Å². The van der Waals surface area contributed by atoms with Crippen LogP contribution < -0.4 is 16.4 Å². The lowest BCUT2D eigenvalue weighted by molar-refractivity contribution is 0.0845. The van der Waals surface area contributed by atoms with Crippen molar-refractivity contribution in [2.75, 3.05) is 0 Å². The standard InChI is InChI=1S/C24H8Br2N2O4/c25-19-12-9-6-2-4-7-3-1-5-8(10(7)9)11-13(12)14-16(17-15(11)21(29)27-23(17)31)22(30)28-24(32)18(14)20(19)26/h1-6H,(H,27,29,31)(H,28,30,32). The highest BCUT2D eigenvalue weighted by atomic mass is 79.9. The van der Waals surface area contributed by atoms with E-state index in [1.165, 1.54) is 0 Å². The van der Waals surface area contributed by atoms with Crippen molar-refractivity contribution < 1.29 is 9.59 Å². The van der Waals surface area contributed by atoms with Crippen molar-refractivity contribution in [3.05, 3.63) is 77.2 Å². The van der Waals surface area contributed by atoms with Gasteiger partial charge in [0, 0.05) is 30.5 Å². The maximum Gasteiger partial charge on any atom is 0.259 e. The van der Waals surface area contributed by atoms with Crippen LogP contribution in [0.15, 0.2) is 54.9 Å². The van der Waals surface area contributed by atoms with E-state index in [1.54, 1.807) is 0 Å². The zero-order chi connectivity index (χ0) is 22.0. The summed E-state index contributed by atoms with van der Waals surface area (Å²) >= 11 is 7.20. The average molecular weight is 548 g/mol. The molecule has 6 nitrogen and oxygen atoms in total. The number of hydrogen-bond acceptors (Lipinski definition) is 4. The Labute approximate surface area is 194 Å². The highest BCUT2D eigenvalue weighted by Gasteiger charge is 2.35. The first kappa shape index (κ1) is 18.2. The fraction of sp³-hybridized carbons (Fsp3) is 0. The lowest BCUT2D eigenvalue weighted by Gasteiger charge is -2.24. The number of aromatic amines is 1. The molecule has 0 atom stereocenters. The Bertz CT molecular complexity index is 2000. The molecule has 0 radical (unpaired) electrons. The third kappa shape index (κ3) is 1.88. The predicted octanol–water partition coefficient (Wildman–Crippen LogP) is 4.79. The number of carbonyl (C=O) groups excluding carboxylic acids is 2. The molecule has 1 aliphatic heterocycles. The highest BCUT2D eigenvalue weighted by Crippen LogP contribution is 2.50. The Morgan fingerprint density at radius 3 is 1.91 bits per heavy atom. The summed E-state index contributed by atoms with van der Waals surface area (Å²) in [4.78, 5) is 54.1. The third-order valence-electron chi connectivity index (χ3n) is 6.44. The topological polar surface area (TPSA) is 96.1 Å². The van der Waals surface area contributed by atoms with E-state index in [0.717, 1.165) is 26.9 Å². The molecule has 2 amide bonds. The van der Waals surface area contributed by atoms with Gasteiger partial charge in [0.25, 0.3) is 22.9 Å². The number of rotatable bonds is 0. The summed E-state index contributed by atoms with van der Waals surface area (Å²) in [6.45, 7) is 0. The molecule has 1 aromatic heterocycles. The van der Waals surface area contributed by atoms with Gasteiger partial charge >= 0.3 is 0 Å². The SMILES string of the molecule is O=C1NC(=O)c2c3c1c(Br)c(Br)c1c4cccc5cccc(c54)c(c4c(=O)[nH]c(=O)c24)c31. The smallest absolute Gasteiger partial charge is 0.259 e. The molecule has 7 rings (SSSR count). The van der Waals surface area contributed by atoms with Gasteiger partial charge in [0.1, 0.15) is 0 Å². The summed E-state index contributed by atoms with van der Waals surface area (Å²) in [7, 11) is 0. The molecule has 2 N–H and O–H groups in total. The van der Waals surface area contributed by atoms with Crippen LogP contribution in [0.3, 0.4) is 0 Å². The second-order valence-corrected chi connectivity index (χ2v) is 9.49. The van der Waals surface area contributed by atoms with Crippen molar-refractivity contribution in [1.82, 2.24) is 10.3 Å². The van der Waals surface area contributed by atoms with E-state index in [9.17, 15) is 19.2 Å². The maximum atomic E-state index is 13.0. The second kappa shape index (κ2) is 5.70. The minimum absolute atomic E-state index is 0.0142. The van der Waals surface area contributed by atoms with E-state index in [-0.39, 0.29) is 21.9 Å². The second-order valence-electron chi connectivity index (χ2n) is 7.90. The maximum absolute atomic E-state index is 13.0. The molecule has 0 bridgehead atoms. The molecule has 0 spiro atoms. The Hall–Kier alpha value is -3.36. The van der Waals surface area contributed by atoms with Crippen LogP contribution in [0, 0.1) is 0 Å². The first-order chi connectivity index (χ1) is 15.4. The molecule has 0 saturated heterocycles. The molecule has 8 heteroatoms. The van der Waals surface area contributed by atoms with Gasteiger partial charge in [0.2, 0.25) is 0 Å². The molecule has 2 heterocycles. The molecule has 32 heavy (non-hydrogen) atoms. The Balaban J connectivity index is 2.07. The van der Waals surface area contributed by atoms with Crippen LogP contribution in [0.4, 0.5) is 0 Å². The lowest BCUT2D eigenvalue weighted by atomic mass is 9.83. The molecule has 0 unspecified atom stereocenters. The van der Waals surface area contributed by atoms with Crippen LogP contribution in [0.2, 0.25) is 0 Å². The van der Waals surface area contributed by atoms with Crippen LogP contribution >= 0.6 is 31.9 Å². The van der Waals surface area contributed by atoms with E-state index in [2.05, 4.69) is 42.2 Å². The monoisotopic (exact) mass is 546 g/mol. The minimum atomic E-state index is -0.688. The third-order valence-corrected chi connectivity index (χ3v) is 8.56. The molecule has 0 aliphatic carbocycles. The molecule has 5 aromatic carbocycles. The van der Waals surface area contributed by atoms with Gasteiger partial charge in [-0.1, -0.05) is 36.4 Å². The van der Waals surface area contributed by atoms with Crippen molar-refractivity contribution in [3.63, 3.8) is 0 Å². The molecular weight excluding hydrogens is 540 g/mol. The molecule has 6 aromatic rings. The fourth-order valence-electron chi connectivity index (χ4n) is 5.32. The van der Waals surface area contributed by atoms with Crippen molar-refractivity contribution in [2.24, 2.45) is 0 Å². The summed E-state index contributed by atoms with van der Waals surface area (Å²) in [5.74, 6) is -1.25. The summed E-state index contributed by atoms with van der Waals surface area (Å²) in [5, 5.41) is 8.47. The van der Waals surface area contributed by atoms with Crippen molar-refractivity contribution >= 4 is 97.5 Å².